The number of ether oxygens (including phenoxy) is 1. The largest absolute Gasteiger partial charge is 0.379 e. The molecular weight excluding hydrogens is 472 g/mol. The van der Waals surface area contributed by atoms with Crippen molar-refractivity contribution in [3.8, 4) is 6.07 Å². The Morgan fingerprint density at radius 2 is 2.00 bits per heavy atom. The van der Waals surface area contributed by atoms with Crippen molar-refractivity contribution in [3.05, 3.63) is 52.2 Å². The molecule has 0 aliphatic carbocycles. The number of anilines is 1. The molecule has 1 saturated heterocycles. The van der Waals surface area contributed by atoms with E-state index in [0.29, 0.717) is 11.1 Å². The number of fused-ring (bicyclic) bond motifs is 1. The number of aromatic nitrogens is 4. The van der Waals surface area contributed by atoms with Crippen molar-refractivity contribution < 1.29 is 18.3 Å². The molecular formula is C24H29F2N7O3. The number of aromatic amines is 1. The second-order valence-electron chi connectivity index (χ2n) is 8.44. The van der Waals surface area contributed by atoms with E-state index >= 15 is 0 Å². The zero-order valence-corrected chi connectivity index (χ0v) is 20.2. The second kappa shape index (κ2) is 12.9. The number of alkyl halides is 2. The third-order valence-corrected chi connectivity index (χ3v) is 5.83. The molecule has 3 aromatic rings. The molecule has 4 heterocycles. The number of carbonyl (C=O) groups is 1. The Bertz CT molecular complexity index is 1230. The molecule has 1 fully saturated rings. The third kappa shape index (κ3) is 6.71. The first-order chi connectivity index (χ1) is 17.3. The molecule has 0 radical (unpaired) electrons. The fraction of sp³-hybridized carbons (Fsp3) is 0.458. The van der Waals surface area contributed by atoms with Crippen LogP contribution in [-0.2, 0) is 9.53 Å². The second-order valence-corrected chi connectivity index (χ2v) is 8.44. The zero-order valence-electron chi connectivity index (χ0n) is 20.2. The van der Waals surface area contributed by atoms with Crippen LogP contribution in [0.5, 0.6) is 0 Å². The standard InChI is InChI=1S/C13H15F2N3O3.C11H14N4/c1-8(7-21-4-2-3-19)18-6-9(12(14)15)11-10(18)5-16-17-13(11)20;1-14-4-6-15(7-5-14)11-3-2-10(8-12)9-13-11/h3,5-6,8,12H,2,4,7H2,1H3,(H,17,20);2-3,9H,4-7H2,1H3. The maximum Gasteiger partial charge on any atom is 0.274 e. The fourth-order valence-electron chi connectivity index (χ4n) is 3.82. The van der Waals surface area contributed by atoms with Gasteiger partial charge in [0.15, 0.2) is 0 Å². The summed E-state index contributed by atoms with van der Waals surface area (Å²) < 4.78 is 32.9. The Morgan fingerprint density at radius 3 is 2.61 bits per heavy atom. The van der Waals surface area contributed by atoms with Gasteiger partial charge in [-0.2, -0.15) is 10.4 Å². The van der Waals surface area contributed by atoms with Crippen LogP contribution in [0.1, 0.15) is 36.9 Å². The molecule has 0 spiro atoms. The Labute approximate surface area is 207 Å². The topological polar surface area (TPSA) is 120 Å². The number of nitrogens with zero attached hydrogens (tertiary/aromatic N) is 6. The average molecular weight is 502 g/mol. The van der Waals surface area contributed by atoms with E-state index in [4.69, 9.17) is 10.00 Å². The number of halogens is 2. The van der Waals surface area contributed by atoms with Crippen LogP contribution in [0.25, 0.3) is 10.9 Å². The molecule has 3 aromatic heterocycles. The number of pyridine rings is 1. The molecule has 0 saturated carbocycles. The molecule has 12 heteroatoms. The summed E-state index contributed by atoms with van der Waals surface area (Å²) in [6, 6.07) is 5.55. The first-order valence-corrected chi connectivity index (χ1v) is 11.5. The summed E-state index contributed by atoms with van der Waals surface area (Å²) in [5, 5.41) is 14.4. The molecule has 192 valence electrons. The van der Waals surface area contributed by atoms with Crippen LogP contribution in [0.4, 0.5) is 14.6 Å². The van der Waals surface area contributed by atoms with Crippen molar-refractivity contribution >= 4 is 23.0 Å². The monoisotopic (exact) mass is 501 g/mol. The molecule has 4 rings (SSSR count). The van der Waals surface area contributed by atoms with Gasteiger partial charge in [0.2, 0.25) is 0 Å². The van der Waals surface area contributed by atoms with E-state index in [2.05, 4.69) is 38.1 Å². The van der Waals surface area contributed by atoms with E-state index in [9.17, 15) is 18.4 Å². The third-order valence-electron chi connectivity index (χ3n) is 5.83. The predicted octanol–water partition coefficient (Wildman–Crippen LogP) is 2.53. The highest BCUT2D eigenvalue weighted by Gasteiger charge is 2.21. The SMILES string of the molecule is CC(COCCC=O)n1cc(C(F)F)c2c(=O)[nH]ncc21.CN1CCN(c2ccc(C#N)cn2)CC1. The van der Waals surface area contributed by atoms with Crippen LogP contribution in [-0.4, -0.2) is 77.4 Å². The highest BCUT2D eigenvalue weighted by atomic mass is 19.3. The Hall–Kier alpha value is -3.69. The predicted molar refractivity (Wildman–Crippen MR) is 130 cm³/mol. The summed E-state index contributed by atoms with van der Waals surface area (Å²) in [7, 11) is 2.13. The van der Waals surface area contributed by atoms with Gasteiger partial charge in [0.1, 0.15) is 18.2 Å². The minimum atomic E-state index is -2.75. The molecule has 1 aliphatic rings. The Morgan fingerprint density at radius 1 is 1.25 bits per heavy atom. The molecule has 10 nitrogen and oxygen atoms in total. The summed E-state index contributed by atoms with van der Waals surface area (Å²) in [6.45, 7) is 6.45. The van der Waals surface area contributed by atoms with Gasteiger partial charge in [0.05, 0.1) is 41.9 Å². The van der Waals surface area contributed by atoms with Gasteiger partial charge in [-0.3, -0.25) is 4.79 Å². The molecule has 1 N–H and O–H groups in total. The highest BCUT2D eigenvalue weighted by molar-refractivity contribution is 5.82. The summed E-state index contributed by atoms with van der Waals surface area (Å²) in [5.74, 6) is 0.974. The number of carbonyl (C=O) groups excluding carboxylic acids is 1. The molecule has 1 atom stereocenters. The lowest BCUT2D eigenvalue weighted by Gasteiger charge is -2.33. The van der Waals surface area contributed by atoms with E-state index in [1.54, 1.807) is 17.7 Å². The van der Waals surface area contributed by atoms with Gasteiger partial charge in [-0.1, -0.05) is 0 Å². The van der Waals surface area contributed by atoms with Crippen LogP contribution in [0.15, 0.2) is 35.5 Å². The lowest BCUT2D eigenvalue weighted by Crippen LogP contribution is -2.44. The summed E-state index contributed by atoms with van der Waals surface area (Å²) in [4.78, 5) is 30.7. The van der Waals surface area contributed by atoms with Gasteiger partial charge in [-0.25, -0.2) is 18.9 Å². The lowest BCUT2D eigenvalue weighted by molar-refractivity contribution is -0.108. The van der Waals surface area contributed by atoms with Crippen LogP contribution in [0.2, 0.25) is 0 Å². The van der Waals surface area contributed by atoms with Gasteiger partial charge >= 0.3 is 0 Å². The number of piperazine rings is 1. The van der Waals surface area contributed by atoms with Crippen molar-refractivity contribution in [3.63, 3.8) is 0 Å². The number of nitrogens with one attached hydrogen (secondary N) is 1. The maximum absolute atomic E-state index is 13.0. The van der Waals surface area contributed by atoms with Crippen LogP contribution >= 0.6 is 0 Å². The molecule has 0 amide bonds. The van der Waals surface area contributed by atoms with E-state index in [1.807, 2.05) is 12.1 Å². The number of H-pyrrole nitrogens is 1. The van der Waals surface area contributed by atoms with Crippen LogP contribution < -0.4 is 10.5 Å². The minimum Gasteiger partial charge on any atom is -0.379 e. The van der Waals surface area contributed by atoms with Crippen molar-refractivity contribution in [2.45, 2.75) is 25.8 Å². The number of hydrogen-bond acceptors (Lipinski definition) is 8. The van der Waals surface area contributed by atoms with E-state index in [-0.39, 0.29) is 36.6 Å². The highest BCUT2D eigenvalue weighted by Crippen LogP contribution is 2.29. The first kappa shape index (κ1) is 26.9. The van der Waals surface area contributed by atoms with Crippen molar-refractivity contribution in [2.24, 2.45) is 0 Å². The van der Waals surface area contributed by atoms with Crippen molar-refractivity contribution in [1.82, 2.24) is 24.6 Å². The lowest BCUT2D eigenvalue weighted by atomic mass is 10.2. The van der Waals surface area contributed by atoms with Crippen LogP contribution in [0.3, 0.4) is 0 Å². The van der Waals surface area contributed by atoms with Gasteiger partial charge in [0.25, 0.3) is 12.0 Å². The summed E-state index contributed by atoms with van der Waals surface area (Å²) in [6.07, 6.45) is 2.50. The smallest absolute Gasteiger partial charge is 0.274 e. The fourth-order valence-corrected chi connectivity index (χ4v) is 3.82. The Kier molecular flexibility index (Phi) is 9.61. The number of aldehydes is 1. The summed E-state index contributed by atoms with van der Waals surface area (Å²) >= 11 is 0. The van der Waals surface area contributed by atoms with Gasteiger partial charge < -0.3 is 23.9 Å². The van der Waals surface area contributed by atoms with Crippen molar-refractivity contribution in [2.75, 3.05) is 51.3 Å². The van der Waals surface area contributed by atoms with Gasteiger partial charge in [0, 0.05) is 50.6 Å². The first-order valence-electron chi connectivity index (χ1n) is 11.5. The molecule has 0 aromatic carbocycles. The molecule has 1 unspecified atom stereocenters. The number of likely N-dealkylation sites (N-methyl/N-ethyl adjacent to an activating group) is 1. The average Bonchev–Trinajstić information content (AvgIpc) is 3.29. The maximum atomic E-state index is 13.0. The van der Waals surface area contributed by atoms with Crippen molar-refractivity contribution in [1.29, 1.82) is 5.26 Å². The minimum absolute atomic E-state index is 0.0558. The number of hydrogen-bond donors (Lipinski definition) is 1. The number of rotatable bonds is 8. The number of nitriles is 1. The summed E-state index contributed by atoms with van der Waals surface area (Å²) in [5.41, 5.74) is -0.0163. The molecule has 1 aliphatic heterocycles. The normalized spacial score (nSPS) is 14.8. The Balaban J connectivity index is 0.000000212. The van der Waals surface area contributed by atoms with E-state index in [1.165, 1.54) is 12.4 Å². The van der Waals surface area contributed by atoms with Crippen LogP contribution in [0, 0.1) is 11.3 Å². The quantitative estimate of drug-likeness (QED) is 0.369. The van der Waals surface area contributed by atoms with Gasteiger partial charge in [-0.05, 0) is 26.1 Å². The molecule has 36 heavy (non-hydrogen) atoms. The van der Waals surface area contributed by atoms with Gasteiger partial charge in [-0.15, -0.1) is 0 Å². The van der Waals surface area contributed by atoms with E-state index < -0.39 is 12.0 Å². The molecule has 0 bridgehead atoms. The van der Waals surface area contributed by atoms with E-state index in [0.717, 1.165) is 38.3 Å². The zero-order chi connectivity index (χ0) is 26.1.